The van der Waals surface area contributed by atoms with Crippen LogP contribution in [0.15, 0.2) is 42.5 Å². The molecule has 0 atom stereocenters. The lowest BCUT2D eigenvalue weighted by Gasteiger charge is -2.04. The minimum atomic E-state index is -0.393. The van der Waals surface area contributed by atoms with E-state index in [0.29, 0.717) is 22.1 Å². The highest BCUT2D eigenvalue weighted by Gasteiger charge is 2.11. The van der Waals surface area contributed by atoms with Gasteiger partial charge in [-0.3, -0.25) is 0 Å². The Labute approximate surface area is 90.4 Å². The number of hydrogen-bond acceptors (Lipinski definition) is 2. The molecule has 0 spiro atoms. The van der Waals surface area contributed by atoms with E-state index in [2.05, 4.69) is 4.98 Å². The van der Waals surface area contributed by atoms with Gasteiger partial charge in [-0.05, 0) is 12.1 Å². The number of benzene rings is 2. The maximum Gasteiger partial charge on any atom is 0.243 e. The van der Waals surface area contributed by atoms with Crippen LogP contribution in [0, 0.1) is 11.0 Å². The van der Waals surface area contributed by atoms with Crippen LogP contribution < -0.4 is 4.73 Å². The van der Waals surface area contributed by atoms with Crippen molar-refractivity contribution in [1.29, 1.82) is 0 Å². The molecule has 1 heterocycles. The summed E-state index contributed by atoms with van der Waals surface area (Å²) in [5.74, 6) is -0.393. The fourth-order valence-electron chi connectivity index (χ4n) is 1.75. The minimum Gasteiger partial charge on any atom is -0.618 e. The number of aromatic nitrogens is 2. The second-order valence-electron chi connectivity index (χ2n) is 3.53. The Morgan fingerprint density at radius 3 is 2.62 bits per heavy atom. The third-order valence-electron chi connectivity index (χ3n) is 2.50. The largest absolute Gasteiger partial charge is 0.618 e. The molecule has 0 unspecified atom stereocenters. The van der Waals surface area contributed by atoms with Gasteiger partial charge in [-0.25, -0.2) is 9.37 Å². The lowest BCUT2D eigenvalue weighted by molar-refractivity contribution is -0.548. The van der Waals surface area contributed by atoms with E-state index in [0.717, 1.165) is 4.73 Å². The first-order valence-electron chi connectivity index (χ1n) is 4.83. The fourth-order valence-corrected chi connectivity index (χ4v) is 1.75. The number of para-hydroxylation sites is 2. The maximum atomic E-state index is 13.0. The van der Waals surface area contributed by atoms with Gasteiger partial charge in [0.2, 0.25) is 11.0 Å². The molecule has 0 bridgehead atoms. The molecule has 0 aliphatic carbocycles. The summed E-state index contributed by atoms with van der Waals surface area (Å²) in [5.41, 5.74) is 1.80. The molecule has 1 aromatic heterocycles. The van der Waals surface area contributed by atoms with Gasteiger partial charge < -0.3 is 5.21 Å². The van der Waals surface area contributed by atoms with Crippen molar-refractivity contribution >= 4 is 22.1 Å². The summed E-state index contributed by atoms with van der Waals surface area (Å²) in [5, 5.41) is 12.0. The van der Waals surface area contributed by atoms with E-state index in [4.69, 9.17) is 0 Å². The first kappa shape index (κ1) is 9.03. The van der Waals surface area contributed by atoms with Crippen molar-refractivity contribution in [2.45, 2.75) is 0 Å². The Hall–Kier alpha value is -2.23. The summed E-state index contributed by atoms with van der Waals surface area (Å²) in [7, 11) is 0. The third-order valence-corrected chi connectivity index (χ3v) is 2.50. The molecule has 4 heteroatoms. The monoisotopic (exact) mass is 214 g/mol. The zero-order valence-corrected chi connectivity index (χ0v) is 8.22. The van der Waals surface area contributed by atoms with Gasteiger partial charge in [0, 0.05) is 18.2 Å². The molecular formula is C12H7FN2O. The molecule has 2 aromatic carbocycles. The van der Waals surface area contributed by atoms with Crippen molar-refractivity contribution in [3.05, 3.63) is 53.5 Å². The zero-order chi connectivity index (χ0) is 11.1. The van der Waals surface area contributed by atoms with Crippen LogP contribution >= 0.6 is 0 Å². The maximum absolute atomic E-state index is 13.0. The highest BCUT2D eigenvalue weighted by atomic mass is 19.1. The number of nitrogens with zero attached hydrogens (tertiary/aromatic N) is 2. The molecule has 3 nitrogen and oxygen atoms in total. The lowest BCUT2D eigenvalue weighted by atomic mass is 10.2. The van der Waals surface area contributed by atoms with Gasteiger partial charge in [-0.15, -0.1) is 0 Å². The number of hydrogen-bond donors (Lipinski definition) is 0. The van der Waals surface area contributed by atoms with Gasteiger partial charge in [0.15, 0.2) is 0 Å². The van der Waals surface area contributed by atoms with Crippen molar-refractivity contribution in [2.75, 3.05) is 0 Å². The molecule has 0 fully saturated rings. The van der Waals surface area contributed by atoms with Crippen LogP contribution in [0.4, 0.5) is 4.39 Å². The van der Waals surface area contributed by atoms with E-state index in [1.54, 1.807) is 24.3 Å². The average Bonchev–Trinajstić information content (AvgIpc) is 2.29. The highest BCUT2D eigenvalue weighted by molar-refractivity contribution is 5.81. The van der Waals surface area contributed by atoms with Gasteiger partial charge >= 0.3 is 0 Å². The summed E-state index contributed by atoms with van der Waals surface area (Å²) in [6, 6.07) is 10.9. The van der Waals surface area contributed by atoms with Crippen LogP contribution in [-0.2, 0) is 0 Å². The second kappa shape index (κ2) is 3.13. The average molecular weight is 214 g/mol. The van der Waals surface area contributed by atoms with Crippen molar-refractivity contribution < 1.29 is 9.12 Å². The van der Waals surface area contributed by atoms with E-state index < -0.39 is 5.82 Å². The normalized spacial score (nSPS) is 11.1. The van der Waals surface area contributed by atoms with Gasteiger partial charge in [0.1, 0.15) is 16.9 Å². The molecule has 0 aliphatic rings. The first-order chi connectivity index (χ1) is 7.75. The third kappa shape index (κ3) is 1.20. The molecule has 0 aliphatic heterocycles. The molecule has 16 heavy (non-hydrogen) atoms. The lowest BCUT2D eigenvalue weighted by Crippen LogP contribution is -2.28. The number of rotatable bonds is 0. The van der Waals surface area contributed by atoms with E-state index in [1.165, 1.54) is 18.2 Å². The molecule has 0 radical (unpaired) electrons. The summed E-state index contributed by atoms with van der Waals surface area (Å²) in [6.45, 7) is 0. The van der Waals surface area contributed by atoms with Gasteiger partial charge in [0.25, 0.3) is 0 Å². The van der Waals surface area contributed by atoms with Crippen LogP contribution in [0.5, 0.6) is 0 Å². The van der Waals surface area contributed by atoms with Gasteiger partial charge in [0.05, 0.1) is 0 Å². The fraction of sp³-hybridized carbons (Fsp3) is 0. The Morgan fingerprint density at radius 1 is 1.00 bits per heavy atom. The molecule has 0 N–H and O–H groups in total. The van der Waals surface area contributed by atoms with Crippen LogP contribution in [0.1, 0.15) is 0 Å². The van der Waals surface area contributed by atoms with E-state index >= 15 is 0 Å². The molecule has 0 amide bonds. The number of fused-ring (bicyclic) bond motifs is 2. The quantitative estimate of drug-likeness (QED) is 0.327. The van der Waals surface area contributed by atoms with Crippen LogP contribution in [-0.4, -0.2) is 4.98 Å². The van der Waals surface area contributed by atoms with Crippen LogP contribution in [0.3, 0.4) is 0 Å². The molecule has 78 valence electrons. The Kier molecular flexibility index (Phi) is 1.77. The minimum absolute atomic E-state index is 0.369. The van der Waals surface area contributed by atoms with Crippen molar-refractivity contribution in [2.24, 2.45) is 0 Å². The van der Waals surface area contributed by atoms with Gasteiger partial charge in [-0.2, -0.15) is 4.73 Å². The van der Waals surface area contributed by atoms with Crippen molar-refractivity contribution in [3.8, 4) is 0 Å². The molecule has 0 saturated carbocycles. The SMILES string of the molecule is [O-][n+]1c2ccccc2nc2cc(F)ccc21. The summed E-state index contributed by atoms with van der Waals surface area (Å²) < 4.78 is 13.8. The van der Waals surface area contributed by atoms with E-state index in [-0.39, 0.29) is 0 Å². The standard InChI is InChI=1S/C12H7FN2O/c13-8-5-6-12-10(7-8)14-9-3-1-2-4-11(9)15(12)16/h1-7H. The zero-order valence-electron chi connectivity index (χ0n) is 8.22. The molecule has 3 rings (SSSR count). The Bertz CT molecular complexity index is 697. The molecule has 0 saturated heterocycles. The van der Waals surface area contributed by atoms with Crippen LogP contribution in [0.25, 0.3) is 22.1 Å². The van der Waals surface area contributed by atoms with Gasteiger partial charge in [-0.1, -0.05) is 12.1 Å². The van der Waals surface area contributed by atoms with Crippen molar-refractivity contribution in [1.82, 2.24) is 4.98 Å². The Morgan fingerprint density at radius 2 is 1.75 bits per heavy atom. The first-order valence-corrected chi connectivity index (χ1v) is 4.83. The van der Waals surface area contributed by atoms with Crippen molar-refractivity contribution in [3.63, 3.8) is 0 Å². The summed E-state index contributed by atoms with van der Waals surface area (Å²) in [4.78, 5) is 4.24. The second-order valence-corrected chi connectivity index (χ2v) is 3.53. The molecule has 3 aromatic rings. The topological polar surface area (TPSA) is 39.8 Å². The van der Waals surface area contributed by atoms with E-state index in [9.17, 15) is 9.60 Å². The predicted molar refractivity (Wildman–Crippen MR) is 58.2 cm³/mol. The summed E-state index contributed by atoms with van der Waals surface area (Å²) in [6.07, 6.45) is 0. The van der Waals surface area contributed by atoms with Crippen LogP contribution in [0.2, 0.25) is 0 Å². The van der Waals surface area contributed by atoms with E-state index in [1.807, 2.05) is 0 Å². The summed E-state index contributed by atoms with van der Waals surface area (Å²) >= 11 is 0. The molecular weight excluding hydrogens is 207 g/mol. The smallest absolute Gasteiger partial charge is 0.243 e. The highest BCUT2D eigenvalue weighted by Crippen LogP contribution is 2.14. The number of halogens is 1. The Balaban J connectivity index is 2.55. The predicted octanol–water partition coefficient (Wildman–Crippen LogP) is 2.16.